The Morgan fingerprint density at radius 3 is 2.88 bits per heavy atom. The summed E-state index contributed by atoms with van der Waals surface area (Å²) in [5.74, 6) is -0.338. The molecule has 2 aromatic heterocycles. The van der Waals surface area contributed by atoms with Gasteiger partial charge in [0, 0.05) is 17.8 Å². The lowest BCUT2D eigenvalue weighted by atomic mass is 10.2. The molecule has 0 aliphatic heterocycles. The SMILES string of the molecule is CC(N)Cc1nc(-c2ccc(F)cn2)cs1. The molecule has 0 bridgehead atoms. The fraction of sp³-hybridized carbons (Fsp3) is 0.273. The van der Waals surface area contributed by atoms with Gasteiger partial charge in [0.25, 0.3) is 0 Å². The Morgan fingerprint density at radius 1 is 1.44 bits per heavy atom. The molecule has 2 heterocycles. The van der Waals surface area contributed by atoms with Crippen LogP contribution in [0.4, 0.5) is 4.39 Å². The van der Waals surface area contributed by atoms with Gasteiger partial charge >= 0.3 is 0 Å². The van der Waals surface area contributed by atoms with Crippen molar-refractivity contribution in [1.82, 2.24) is 9.97 Å². The van der Waals surface area contributed by atoms with Crippen LogP contribution in [0, 0.1) is 5.82 Å². The summed E-state index contributed by atoms with van der Waals surface area (Å²) >= 11 is 1.55. The smallest absolute Gasteiger partial charge is 0.141 e. The number of aromatic nitrogens is 2. The van der Waals surface area contributed by atoms with E-state index in [2.05, 4.69) is 9.97 Å². The molecule has 0 aliphatic rings. The fourth-order valence-electron chi connectivity index (χ4n) is 1.33. The summed E-state index contributed by atoms with van der Waals surface area (Å²) in [6, 6.07) is 3.10. The Bertz CT molecular complexity index is 464. The van der Waals surface area contributed by atoms with Crippen molar-refractivity contribution in [3.05, 3.63) is 34.5 Å². The Balaban J connectivity index is 2.21. The van der Waals surface area contributed by atoms with Gasteiger partial charge in [0.15, 0.2) is 0 Å². The first kappa shape index (κ1) is 11.2. The number of rotatable bonds is 3. The molecule has 0 spiro atoms. The molecule has 5 heteroatoms. The summed E-state index contributed by atoms with van der Waals surface area (Å²) in [5, 5.41) is 2.90. The minimum atomic E-state index is -0.338. The van der Waals surface area contributed by atoms with E-state index < -0.39 is 0 Å². The van der Waals surface area contributed by atoms with Crippen LogP contribution in [-0.4, -0.2) is 16.0 Å². The minimum absolute atomic E-state index is 0.0974. The molecule has 2 N–H and O–H groups in total. The van der Waals surface area contributed by atoms with Crippen molar-refractivity contribution in [3.8, 4) is 11.4 Å². The third kappa shape index (κ3) is 2.62. The van der Waals surface area contributed by atoms with Crippen LogP contribution in [-0.2, 0) is 6.42 Å². The average molecular weight is 237 g/mol. The average Bonchev–Trinajstić information content (AvgIpc) is 2.66. The number of hydrogen-bond acceptors (Lipinski definition) is 4. The first-order valence-electron chi connectivity index (χ1n) is 4.97. The lowest BCUT2D eigenvalue weighted by Crippen LogP contribution is -2.17. The highest BCUT2D eigenvalue weighted by atomic mass is 32.1. The third-order valence-corrected chi connectivity index (χ3v) is 2.91. The van der Waals surface area contributed by atoms with Crippen LogP contribution in [0.5, 0.6) is 0 Å². The minimum Gasteiger partial charge on any atom is -0.328 e. The van der Waals surface area contributed by atoms with Crippen molar-refractivity contribution in [1.29, 1.82) is 0 Å². The van der Waals surface area contributed by atoms with Gasteiger partial charge in [-0.3, -0.25) is 4.98 Å². The van der Waals surface area contributed by atoms with E-state index in [1.54, 1.807) is 17.4 Å². The lowest BCUT2D eigenvalue weighted by Gasteiger charge is -1.99. The van der Waals surface area contributed by atoms with Crippen LogP contribution in [0.15, 0.2) is 23.7 Å². The van der Waals surface area contributed by atoms with E-state index >= 15 is 0 Å². The van der Waals surface area contributed by atoms with Crippen molar-refractivity contribution in [2.24, 2.45) is 5.73 Å². The zero-order valence-corrected chi connectivity index (χ0v) is 9.67. The Labute approximate surface area is 97.2 Å². The van der Waals surface area contributed by atoms with E-state index in [1.165, 1.54) is 12.3 Å². The maximum Gasteiger partial charge on any atom is 0.141 e. The second-order valence-corrected chi connectivity index (χ2v) is 4.61. The van der Waals surface area contributed by atoms with Gasteiger partial charge in [-0.15, -0.1) is 11.3 Å². The van der Waals surface area contributed by atoms with Gasteiger partial charge in [-0.25, -0.2) is 9.37 Å². The molecular weight excluding hydrogens is 225 g/mol. The molecule has 0 aromatic carbocycles. The quantitative estimate of drug-likeness (QED) is 0.890. The summed E-state index contributed by atoms with van der Waals surface area (Å²) in [6.45, 7) is 1.94. The molecule has 1 atom stereocenters. The van der Waals surface area contributed by atoms with Crippen molar-refractivity contribution >= 4 is 11.3 Å². The van der Waals surface area contributed by atoms with Crippen molar-refractivity contribution in [3.63, 3.8) is 0 Å². The van der Waals surface area contributed by atoms with Crippen LogP contribution in [0.1, 0.15) is 11.9 Å². The molecule has 0 saturated carbocycles. The second kappa shape index (κ2) is 4.67. The number of nitrogens with zero attached hydrogens (tertiary/aromatic N) is 2. The molecular formula is C11H12FN3S. The Hall–Kier alpha value is -1.33. The molecule has 3 nitrogen and oxygen atoms in total. The van der Waals surface area contributed by atoms with E-state index in [9.17, 15) is 4.39 Å². The number of pyridine rings is 1. The van der Waals surface area contributed by atoms with Crippen LogP contribution in [0.3, 0.4) is 0 Å². The highest BCUT2D eigenvalue weighted by Gasteiger charge is 2.07. The monoisotopic (exact) mass is 237 g/mol. The molecule has 2 aromatic rings. The summed E-state index contributed by atoms with van der Waals surface area (Å²) in [5.41, 5.74) is 7.16. The van der Waals surface area contributed by atoms with Crippen molar-refractivity contribution in [2.75, 3.05) is 0 Å². The summed E-state index contributed by atoms with van der Waals surface area (Å²) in [7, 11) is 0. The molecule has 0 aliphatic carbocycles. The molecule has 84 valence electrons. The van der Waals surface area contributed by atoms with E-state index in [1.807, 2.05) is 12.3 Å². The van der Waals surface area contributed by atoms with E-state index in [-0.39, 0.29) is 11.9 Å². The van der Waals surface area contributed by atoms with Gasteiger partial charge in [0.2, 0.25) is 0 Å². The Morgan fingerprint density at radius 2 is 2.25 bits per heavy atom. The number of hydrogen-bond donors (Lipinski definition) is 1. The topological polar surface area (TPSA) is 51.8 Å². The van der Waals surface area contributed by atoms with Gasteiger partial charge in [0.1, 0.15) is 5.82 Å². The van der Waals surface area contributed by atoms with Crippen LogP contribution >= 0.6 is 11.3 Å². The van der Waals surface area contributed by atoms with Crippen LogP contribution in [0.25, 0.3) is 11.4 Å². The van der Waals surface area contributed by atoms with E-state index in [4.69, 9.17) is 5.73 Å². The number of halogens is 1. The Kier molecular flexibility index (Phi) is 3.26. The molecule has 0 radical (unpaired) electrons. The summed E-state index contributed by atoms with van der Waals surface area (Å²) in [4.78, 5) is 8.38. The molecule has 2 rings (SSSR count). The highest BCUT2D eigenvalue weighted by molar-refractivity contribution is 7.09. The summed E-state index contributed by atoms with van der Waals surface area (Å²) in [6.07, 6.45) is 1.95. The fourth-order valence-corrected chi connectivity index (χ4v) is 2.26. The third-order valence-electron chi connectivity index (χ3n) is 2.04. The molecule has 0 saturated heterocycles. The first-order chi connectivity index (χ1) is 7.65. The number of thiazole rings is 1. The normalized spacial score (nSPS) is 12.7. The van der Waals surface area contributed by atoms with Crippen LogP contribution in [0.2, 0.25) is 0 Å². The summed E-state index contributed by atoms with van der Waals surface area (Å²) < 4.78 is 12.7. The molecule has 0 fully saturated rings. The zero-order chi connectivity index (χ0) is 11.5. The number of nitrogens with two attached hydrogens (primary N) is 1. The van der Waals surface area contributed by atoms with Gasteiger partial charge in [-0.2, -0.15) is 0 Å². The standard InChI is InChI=1S/C11H12FN3S/c1-7(13)4-11-15-10(6-16-11)9-3-2-8(12)5-14-9/h2-3,5-7H,4,13H2,1H3. The van der Waals surface area contributed by atoms with E-state index in [0.29, 0.717) is 5.69 Å². The maximum atomic E-state index is 12.7. The van der Waals surface area contributed by atoms with Gasteiger partial charge in [-0.05, 0) is 19.1 Å². The molecule has 1 unspecified atom stereocenters. The molecule has 0 amide bonds. The van der Waals surface area contributed by atoms with Gasteiger partial charge in [-0.1, -0.05) is 0 Å². The lowest BCUT2D eigenvalue weighted by molar-refractivity contribution is 0.622. The van der Waals surface area contributed by atoms with Gasteiger partial charge < -0.3 is 5.73 Å². The predicted octanol–water partition coefficient (Wildman–Crippen LogP) is 2.23. The first-order valence-corrected chi connectivity index (χ1v) is 5.85. The maximum absolute atomic E-state index is 12.7. The van der Waals surface area contributed by atoms with E-state index in [0.717, 1.165) is 17.1 Å². The van der Waals surface area contributed by atoms with Gasteiger partial charge in [0.05, 0.1) is 22.6 Å². The highest BCUT2D eigenvalue weighted by Crippen LogP contribution is 2.20. The largest absolute Gasteiger partial charge is 0.328 e. The van der Waals surface area contributed by atoms with Crippen molar-refractivity contribution < 1.29 is 4.39 Å². The van der Waals surface area contributed by atoms with Crippen LogP contribution < -0.4 is 5.73 Å². The molecule has 16 heavy (non-hydrogen) atoms. The second-order valence-electron chi connectivity index (χ2n) is 3.67. The zero-order valence-electron chi connectivity index (χ0n) is 8.85. The predicted molar refractivity (Wildman–Crippen MR) is 62.7 cm³/mol. The van der Waals surface area contributed by atoms with Crippen molar-refractivity contribution in [2.45, 2.75) is 19.4 Å².